The lowest BCUT2D eigenvalue weighted by Crippen LogP contribution is -2.55. The largest absolute Gasteiger partial charge is 0.357 e. The monoisotopic (exact) mass is 247 g/mol. The van der Waals surface area contributed by atoms with E-state index in [-0.39, 0.29) is 11.9 Å². The highest BCUT2D eigenvalue weighted by Gasteiger charge is 2.29. The number of hydrogen-bond acceptors (Lipinski definition) is 3. The van der Waals surface area contributed by atoms with Gasteiger partial charge in [-0.1, -0.05) is 24.6 Å². The van der Waals surface area contributed by atoms with Crippen molar-refractivity contribution in [2.45, 2.75) is 32.9 Å². The van der Waals surface area contributed by atoms with Crippen LogP contribution in [0.3, 0.4) is 0 Å². The zero-order chi connectivity index (χ0) is 13.1. The molecule has 1 aromatic rings. The lowest BCUT2D eigenvalue weighted by molar-refractivity contribution is -0.123. The molecule has 98 valence electrons. The fourth-order valence-corrected chi connectivity index (χ4v) is 2.57. The highest BCUT2D eigenvalue weighted by atomic mass is 16.2. The standard InChI is InChI=1S/C14H21N3O/c1-3-12-14(18)16-6-7-17(12)13-5-4-10(2)8-11(13)9-15/h4-5,8,12H,3,6-7,9,15H2,1-2H3,(H,16,18). The van der Waals surface area contributed by atoms with E-state index in [4.69, 9.17) is 5.73 Å². The molecule has 1 aromatic carbocycles. The van der Waals surface area contributed by atoms with Crippen LogP contribution in [0.25, 0.3) is 0 Å². The molecule has 0 saturated carbocycles. The van der Waals surface area contributed by atoms with Crippen LogP contribution in [0, 0.1) is 6.92 Å². The molecule has 1 aliphatic rings. The number of piperazine rings is 1. The number of rotatable bonds is 3. The molecule has 1 fully saturated rings. The van der Waals surface area contributed by atoms with E-state index in [0.29, 0.717) is 13.1 Å². The van der Waals surface area contributed by atoms with Gasteiger partial charge in [-0.25, -0.2) is 0 Å². The summed E-state index contributed by atoms with van der Waals surface area (Å²) in [6, 6.07) is 6.19. The molecular formula is C14H21N3O. The number of anilines is 1. The van der Waals surface area contributed by atoms with E-state index in [1.165, 1.54) is 5.56 Å². The summed E-state index contributed by atoms with van der Waals surface area (Å²) in [6.07, 6.45) is 0.809. The van der Waals surface area contributed by atoms with Crippen LogP contribution in [-0.4, -0.2) is 25.0 Å². The number of nitrogens with zero attached hydrogens (tertiary/aromatic N) is 1. The quantitative estimate of drug-likeness (QED) is 0.843. The summed E-state index contributed by atoms with van der Waals surface area (Å²) in [5, 5.41) is 2.92. The first-order valence-corrected chi connectivity index (χ1v) is 6.51. The predicted molar refractivity (Wildman–Crippen MR) is 73.5 cm³/mol. The van der Waals surface area contributed by atoms with Crippen molar-refractivity contribution in [3.63, 3.8) is 0 Å². The molecule has 0 radical (unpaired) electrons. The zero-order valence-electron chi connectivity index (χ0n) is 11.1. The zero-order valence-corrected chi connectivity index (χ0v) is 11.1. The van der Waals surface area contributed by atoms with Gasteiger partial charge in [0.1, 0.15) is 6.04 Å². The molecule has 3 N–H and O–H groups in total. The highest BCUT2D eigenvalue weighted by Crippen LogP contribution is 2.25. The van der Waals surface area contributed by atoms with Gasteiger partial charge in [0.2, 0.25) is 5.91 Å². The molecule has 18 heavy (non-hydrogen) atoms. The molecule has 0 bridgehead atoms. The van der Waals surface area contributed by atoms with Crippen LogP contribution >= 0.6 is 0 Å². The number of hydrogen-bond donors (Lipinski definition) is 2. The first-order valence-electron chi connectivity index (χ1n) is 6.51. The SMILES string of the molecule is CCC1C(=O)NCCN1c1ccc(C)cc1CN. The lowest BCUT2D eigenvalue weighted by Gasteiger charge is -2.37. The minimum atomic E-state index is -0.0771. The first-order chi connectivity index (χ1) is 8.67. The summed E-state index contributed by atoms with van der Waals surface area (Å²) in [7, 11) is 0. The summed E-state index contributed by atoms with van der Waals surface area (Å²) in [6.45, 7) is 6.15. The minimum absolute atomic E-state index is 0.0771. The molecule has 2 rings (SSSR count). The van der Waals surface area contributed by atoms with Crippen LogP contribution in [-0.2, 0) is 11.3 Å². The molecule has 1 saturated heterocycles. The third-order valence-corrected chi connectivity index (χ3v) is 3.48. The maximum atomic E-state index is 11.9. The van der Waals surface area contributed by atoms with Gasteiger partial charge in [-0.05, 0) is 25.0 Å². The predicted octanol–water partition coefficient (Wildman–Crippen LogP) is 1.17. The highest BCUT2D eigenvalue weighted by molar-refractivity contribution is 5.86. The maximum absolute atomic E-state index is 11.9. The third kappa shape index (κ3) is 2.34. The van der Waals surface area contributed by atoms with Gasteiger partial charge < -0.3 is 16.0 Å². The van der Waals surface area contributed by atoms with Gasteiger partial charge in [-0.15, -0.1) is 0 Å². The van der Waals surface area contributed by atoms with E-state index in [2.05, 4.69) is 35.3 Å². The summed E-state index contributed by atoms with van der Waals surface area (Å²) in [5.74, 6) is 0.118. The van der Waals surface area contributed by atoms with Crippen molar-refractivity contribution in [1.29, 1.82) is 0 Å². The van der Waals surface area contributed by atoms with Crippen molar-refractivity contribution in [2.75, 3.05) is 18.0 Å². The van der Waals surface area contributed by atoms with Crippen LogP contribution in [0.15, 0.2) is 18.2 Å². The molecule has 1 atom stereocenters. The van der Waals surface area contributed by atoms with Crippen molar-refractivity contribution >= 4 is 11.6 Å². The van der Waals surface area contributed by atoms with Crippen molar-refractivity contribution in [3.8, 4) is 0 Å². The number of nitrogens with one attached hydrogen (secondary N) is 1. The third-order valence-electron chi connectivity index (χ3n) is 3.48. The summed E-state index contributed by atoms with van der Waals surface area (Å²) in [4.78, 5) is 14.1. The van der Waals surface area contributed by atoms with E-state index in [0.717, 1.165) is 24.2 Å². The molecule has 1 unspecified atom stereocenters. The molecular weight excluding hydrogens is 226 g/mol. The van der Waals surface area contributed by atoms with Crippen molar-refractivity contribution in [2.24, 2.45) is 5.73 Å². The molecule has 0 aromatic heterocycles. The Kier molecular flexibility index (Phi) is 3.87. The fourth-order valence-electron chi connectivity index (χ4n) is 2.57. The average molecular weight is 247 g/mol. The van der Waals surface area contributed by atoms with Crippen LogP contribution in [0.5, 0.6) is 0 Å². The van der Waals surface area contributed by atoms with E-state index >= 15 is 0 Å². The fraction of sp³-hybridized carbons (Fsp3) is 0.500. The average Bonchev–Trinajstić information content (AvgIpc) is 2.38. The molecule has 1 aliphatic heterocycles. The summed E-state index contributed by atoms with van der Waals surface area (Å²) >= 11 is 0. The smallest absolute Gasteiger partial charge is 0.242 e. The van der Waals surface area contributed by atoms with Gasteiger partial charge in [0.05, 0.1) is 0 Å². The van der Waals surface area contributed by atoms with Gasteiger partial charge >= 0.3 is 0 Å². The summed E-state index contributed by atoms with van der Waals surface area (Å²) < 4.78 is 0. The maximum Gasteiger partial charge on any atom is 0.242 e. The Morgan fingerprint density at radius 1 is 1.50 bits per heavy atom. The summed E-state index contributed by atoms with van der Waals surface area (Å²) in [5.41, 5.74) is 9.24. The van der Waals surface area contributed by atoms with Gasteiger partial charge in [0.15, 0.2) is 0 Å². The Morgan fingerprint density at radius 3 is 2.94 bits per heavy atom. The second-order valence-corrected chi connectivity index (χ2v) is 4.74. The Bertz CT molecular complexity index is 445. The first kappa shape index (κ1) is 12.9. The second kappa shape index (κ2) is 5.40. The van der Waals surface area contributed by atoms with Crippen LogP contribution < -0.4 is 16.0 Å². The van der Waals surface area contributed by atoms with Crippen molar-refractivity contribution < 1.29 is 4.79 Å². The number of amides is 1. The van der Waals surface area contributed by atoms with Gasteiger partial charge in [-0.2, -0.15) is 0 Å². The Balaban J connectivity index is 2.37. The topological polar surface area (TPSA) is 58.4 Å². The van der Waals surface area contributed by atoms with Crippen molar-refractivity contribution in [1.82, 2.24) is 5.32 Å². The number of carbonyl (C=O) groups excluding carboxylic acids is 1. The lowest BCUT2D eigenvalue weighted by atomic mass is 10.0. The Hall–Kier alpha value is -1.55. The Morgan fingerprint density at radius 2 is 2.28 bits per heavy atom. The molecule has 1 heterocycles. The van der Waals surface area contributed by atoms with Gasteiger partial charge in [0, 0.05) is 25.3 Å². The molecule has 4 nitrogen and oxygen atoms in total. The van der Waals surface area contributed by atoms with E-state index in [1.54, 1.807) is 0 Å². The normalized spacial score (nSPS) is 19.8. The molecule has 4 heteroatoms. The number of aryl methyl sites for hydroxylation is 1. The Labute approximate surface area is 108 Å². The van der Waals surface area contributed by atoms with E-state index < -0.39 is 0 Å². The van der Waals surface area contributed by atoms with E-state index in [9.17, 15) is 4.79 Å². The van der Waals surface area contributed by atoms with Crippen LogP contribution in [0.2, 0.25) is 0 Å². The van der Waals surface area contributed by atoms with Gasteiger partial charge in [0.25, 0.3) is 0 Å². The van der Waals surface area contributed by atoms with Gasteiger partial charge in [-0.3, -0.25) is 4.79 Å². The second-order valence-electron chi connectivity index (χ2n) is 4.74. The number of carbonyl (C=O) groups is 1. The molecule has 0 aliphatic carbocycles. The number of benzene rings is 1. The number of nitrogens with two attached hydrogens (primary N) is 1. The molecule has 1 amide bonds. The molecule has 0 spiro atoms. The van der Waals surface area contributed by atoms with Crippen LogP contribution in [0.1, 0.15) is 24.5 Å². The van der Waals surface area contributed by atoms with Crippen LogP contribution in [0.4, 0.5) is 5.69 Å². The van der Waals surface area contributed by atoms with Crippen molar-refractivity contribution in [3.05, 3.63) is 29.3 Å². The minimum Gasteiger partial charge on any atom is -0.357 e. The van der Waals surface area contributed by atoms with E-state index in [1.807, 2.05) is 6.92 Å².